The summed E-state index contributed by atoms with van der Waals surface area (Å²) in [4.78, 5) is 6.75. The second kappa shape index (κ2) is 2.31. The van der Waals surface area contributed by atoms with E-state index in [-0.39, 0.29) is 0 Å². The highest BCUT2D eigenvalue weighted by Gasteiger charge is 1.85. The number of hydrogen-bond donors (Lipinski definition) is 1. The van der Waals surface area contributed by atoms with Crippen LogP contribution in [0.3, 0.4) is 0 Å². The number of hydrogen-bond acceptors (Lipinski definition) is 1. The summed E-state index contributed by atoms with van der Waals surface area (Å²) in [6, 6.07) is 0. The van der Waals surface area contributed by atoms with E-state index in [0.29, 0.717) is 0 Å². The molecule has 0 saturated heterocycles. The van der Waals surface area contributed by atoms with E-state index in [0.717, 1.165) is 12.2 Å². The molecule has 0 fully saturated rings. The third-order valence-electron chi connectivity index (χ3n) is 0.839. The van der Waals surface area contributed by atoms with Gasteiger partial charge < -0.3 is 4.98 Å². The van der Waals surface area contributed by atoms with E-state index in [4.69, 9.17) is 0 Å². The van der Waals surface area contributed by atoms with Gasteiger partial charge in [0.2, 0.25) is 0 Å². The number of imidazole rings is 1. The molecule has 8 heavy (non-hydrogen) atoms. The highest BCUT2D eigenvalue weighted by molar-refractivity contribution is 4.91. The predicted molar refractivity (Wildman–Crippen MR) is 31.3 cm³/mol. The van der Waals surface area contributed by atoms with Gasteiger partial charge in [-0.1, -0.05) is 6.08 Å². The van der Waals surface area contributed by atoms with Crippen molar-refractivity contribution in [2.75, 3.05) is 0 Å². The first-order valence-corrected chi connectivity index (χ1v) is 2.44. The fourth-order valence-corrected chi connectivity index (χ4v) is 0.499. The zero-order chi connectivity index (χ0) is 5.82. The number of aromatic nitrogens is 2. The monoisotopic (exact) mass is 107 g/mol. The van der Waals surface area contributed by atoms with Crippen LogP contribution in [0.1, 0.15) is 5.82 Å². The maximum absolute atomic E-state index is 3.92. The van der Waals surface area contributed by atoms with Gasteiger partial charge in [-0.25, -0.2) is 4.98 Å². The quantitative estimate of drug-likeness (QED) is 0.560. The van der Waals surface area contributed by atoms with Crippen molar-refractivity contribution < 1.29 is 0 Å². The SMILES string of the molecule is C=CCc1nc[c][nH]1. The van der Waals surface area contributed by atoms with Crippen molar-refractivity contribution in [1.29, 1.82) is 0 Å². The third-order valence-corrected chi connectivity index (χ3v) is 0.839. The van der Waals surface area contributed by atoms with Crippen LogP contribution in [0.15, 0.2) is 18.9 Å². The molecule has 2 nitrogen and oxygen atoms in total. The van der Waals surface area contributed by atoms with E-state index in [1.165, 1.54) is 0 Å². The molecule has 2 heteroatoms. The lowest BCUT2D eigenvalue weighted by Gasteiger charge is -1.81. The number of H-pyrrole nitrogens is 1. The lowest BCUT2D eigenvalue weighted by Crippen LogP contribution is -1.80. The molecule has 0 bridgehead atoms. The number of aromatic amines is 1. The minimum atomic E-state index is 0.795. The molecular weight excluding hydrogens is 100 g/mol. The number of nitrogens with one attached hydrogen (secondary N) is 1. The molecule has 1 radical (unpaired) electrons. The molecule has 0 aliphatic rings. The van der Waals surface area contributed by atoms with Crippen molar-refractivity contribution in [3.05, 3.63) is 30.9 Å². The van der Waals surface area contributed by atoms with Crippen molar-refractivity contribution in [3.8, 4) is 0 Å². The van der Waals surface area contributed by atoms with Crippen molar-refractivity contribution >= 4 is 0 Å². The van der Waals surface area contributed by atoms with Gasteiger partial charge in [0.05, 0.1) is 12.4 Å². The first kappa shape index (κ1) is 5.09. The molecule has 1 heterocycles. The summed E-state index contributed by atoms with van der Waals surface area (Å²) < 4.78 is 0. The first-order valence-electron chi connectivity index (χ1n) is 2.44. The molecule has 1 aromatic rings. The summed E-state index contributed by atoms with van der Waals surface area (Å²) in [6.45, 7) is 3.56. The summed E-state index contributed by atoms with van der Waals surface area (Å²) in [7, 11) is 0. The molecule has 0 atom stereocenters. The summed E-state index contributed by atoms with van der Waals surface area (Å²) >= 11 is 0. The van der Waals surface area contributed by atoms with Crippen molar-refractivity contribution in [2.24, 2.45) is 0 Å². The zero-order valence-electron chi connectivity index (χ0n) is 4.52. The van der Waals surface area contributed by atoms with Gasteiger partial charge in [-0.05, 0) is 0 Å². The lowest BCUT2D eigenvalue weighted by molar-refractivity contribution is 1.06. The van der Waals surface area contributed by atoms with Gasteiger partial charge in [0, 0.05) is 6.42 Å². The van der Waals surface area contributed by atoms with E-state index in [2.05, 4.69) is 22.7 Å². The predicted octanol–water partition coefficient (Wildman–Crippen LogP) is 0.938. The van der Waals surface area contributed by atoms with Crippen LogP contribution in [0.4, 0.5) is 0 Å². The Bertz CT molecular complexity index is 153. The lowest BCUT2D eigenvalue weighted by atomic mass is 10.4. The van der Waals surface area contributed by atoms with Gasteiger partial charge in [-0.15, -0.1) is 6.58 Å². The van der Waals surface area contributed by atoms with Crippen LogP contribution >= 0.6 is 0 Å². The van der Waals surface area contributed by atoms with E-state index in [1.54, 1.807) is 12.3 Å². The first-order chi connectivity index (χ1) is 3.93. The van der Waals surface area contributed by atoms with Crippen molar-refractivity contribution in [2.45, 2.75) is 6.42 Å². The Morgan fingerprint density at radius 2 is 2.88 bits per heavy atom. The van der Waals surface area contributed by atoms with Crippen LogP contribution in [-0.2, 0) is 6.42 Å². The van der Waals surface area contributed by atoms with Crippen LogP contribution in [0, 0.1) is 6.20 Å². The van der Waals surface area contributed by atoms with E-state index in [1.807, 2.05) is 0 Å². The molecule has 0 unspecified atom stereocenters. The molecule has 0 aromatic carbocycles. The average molecular weight is 107 g/mol. The smallest absolute Gasteiger partial charge is 0.110 e. The fraction of sp³-hybridized carbons (Fsp3) is 0.167. The van der Waals surface area contributed by atoms with Crippen molar-refractivity contribution in [1.82, 2.24) is 9.97 Å². The molecule has 41 valence electrons. The maximum atomic E-state index is 3.92. The Morgan fingerprint density at radius 3 is 3.38 bits per heavy atom. The molecular formula is C6H7N2. The molecule has 0 aliphatic heterocycles. The molecule has 1 rings (SSSR count). The van der Waals surface area contributed by atoms with Gasteiger partial charge in [0.15, 0.2) is 0 Å². The van der Waals surface area contributed by atoms with Crippen LogP contribution < -0.4 is 0 Å². The fourth-order valence-electron chi connectivity index (χ4n) is 0.499. The zero-order valence-corrected chi connectivity index (χ0v) is 4.52. The Balaban J connectivity index is 2.62. The Morgan fingerprint density at radius 1 is 2.00 bits per heavy atom. The topological polar surface area (TPSA) is 28.7 Å². The standard InChI is InChI=1S/C6H7N2/c1-2-3-6-7-4-5-8-6/h2,4H,1,3H2,(H,7,8). The molecule has 0 amide bonds. The summed E-state index contributed by atoms with van der Waals surface area (Å²) in [5, 5.41) is 0. The highest BCUT2D eigenvalue weighted by atomic mass is 14.9. The average Bonchev–Trinajstić information content (AvgIpc) is 2.19. The van der Waals surface area contributed by atoms with Gasteiger partial charge in [-0.2, -0.15) is 0 Å². The highest BCUT2D eigenvalue weighted by Crippen LogP contribution is 1.87. The van der Waals surface area contributed by atoms with Crippen LogP contribution in [0.2, 0.25) is 0 Å². The van der Waals surface area contributed by atoms with E-state index < -0.39 is 0 Å². The Labute approximate surface area is 48.3 Å². The van der Waals surface area contributed by atoms with Gasteiger partial charge in [0.25, 0.3) is 0 Å². The van der Waals surface area contributed by atoms with Crippen LogP contribution in [-0.4, -0.2) is 9.97 Å². The summed E-state index contributed by atoms with van der Waals surface area (Å²) in [5.74, 6) is 0.917. The minimum Gasteiger partial charge on any atom is -0.340 e. The molecule has 0 spiro atoms. The number of nitrogens with zero attached hydrogens (tertiary/aromatic N) is 1. The third kappa shape index (κ3) is 0.964. The van der Waals surface area contributed by atoms with Crippen LogP contribution in [0.5, 0.6) is 0 Å². The van der Waals surface area contributed by atoms with Crippen LogP contribution in [0.25, 0.3) is 0 Å². The van der Waals surface area contributed by atoms with E-state index in [9.17, 15) is 0 Å². The molecule has 0 saturated carbocycles. The number of rotatable bonds is 2. The largest absolute Gasteiger partial charge is 0.340 e. The van der Waals surface area contributed by atoms with Crippen molar-refractivity contribution in [3.63, 3.8) is 0 Å². The summed E-state index contributed by atoms with van der Waals surface area (Å²) in [5.41, 5.74) is 0. The normalized spacial score (nSPS) is 9.00. The Kier molecular flexibility index (Phi) is 1.47. The van der Waals surface area contributed by atoms with E-state index >= 15 is 0 Å². The Hall–Kier alpha value is -1.05. The second-order valence-corrected chi connectivity index (χ2v) is 1.47. The van der Waals surface area contributed by atoms with Gasteiger partial charge >= 0.3 is 0 Å². The molecule has 1 N–H and O–H groups in total. The number of allylic oxidation sites excluding steroid dienone is 1. The van der Waals surface area contributed by atoms with Gasteiger partial charge in [-0.3, -0.25) is 0 Å². The van der Waals surface area contributed by atoms with Gasteiger partial charge in [0.1, 0.15) is 5.82 Å². The maximum Gasteiger partial charge on any atom is 0.110 e. The second-order valence-electron chi connectivity index (χ2n) is 1.47. The minimum absolute atomic E-state index is 0.795. The molecule has 1 aromatic heterocycles. The molecule has 0 aliphatic carbocycles. The summed E-state index contributed by atoms with van der Waals surface area (Å²) in [6.07, 6.45) is 6.93.